The number of aromatic hydroxyl groups is 1. The number of likely N-dealkylation sites (N-methyl/N-ethyl adjacent to an activating group) is 1. The highest BCUT2D eigenvalue weighted by Crippen LogP contribution is 2.46. The molecule has 9 rings (SSSR count). The number of aromatic nitrogens is 3. The van der Waals surface area contributed by atoms with Crippen LogP contribution in [0.3, 0.4) is 0 Å². The zero-order chi connectivity index (χ0) is 33.1. The third-order valence-electron chi connectivity index (χ3n) is 11.0. The molecule has 5 atom stereocenters. The first-order valence-electron chi connectivity index (χ1n) is 16.3. The van der Waals surface area contributed by atoms with Crippen LogP contribution >= 0.6 is 0 Å². The standard InChI is InChI=1S/C35H32F3N7O3/c1-3-21-23(37)7-5-17-11-20(46)12-22(25(17)21)28-27(38)29-26-31(40-28)43(2)33(47)30-24-8-6-19(39-24)15-45(30)32(26)42-34(41-29)48-16-35-9-4-10-44(35)14-18(36)13-35/h1,5,7,11-12,18-19,24,30,39,46H,4,6,8-10,13-16H2,2H3/t18-,19?,24?,30-,35+/m1/s1. The van der Waals surface area contributed by atoms with Gasteiger partial charge < -0.3 is 20.1 Å². The molecule has 10 nitrogen and oxygen atoms in total. The van der Waals surface area contributed by atoms with Gasteiger partial charge in [-0.15, -0.1) is 6.42 Å². The lowest BCUT2D eigenvalue weighted by Gasteiger charge is -2.40. The Balaban J connectivity index is 1.29. The number of phenols is 1. The number of terminal acetylenes is 1. The molecular weight excluding hydrogens is 623 g/mol. The number of ether oxygens (including phenoxy) is 1. The van der Waals surface area contributed by atoms with E-state index in [0.29, 0.717) is 30.7 Å². The lowest BCUT2D eigenvalue weighted by Crippen LogP contribution is -2.63. The van der Waals surface area contributed by atoms with Gasteiger partial charge in [0, 0.05) is 49.6 Å². The fourth-order valence-corrected chi connectivity index (χ4v) is 8.85. The maximum atomic E-state index is 17.2. The summed E-state index contributed by atoms with van der Waals surface area (Å²) in [4.78, 5) is 33.8. The predicted molar refractivity (Wildman–Crippen MR) is 173 cm³/mol. The molecule has 4 saturated heterocycles. The van der Waals surface area contributed by atoms with Gasteiger partial charge in [-0.05, 0) is 55.8 Å². The number of carbonyl (C=O) groups excluding carboxylic acids is 1. The number of amides is 1. The van der Waals surface area contributed by atoms with E-state index in [4.69, 9.17) is 21.1 Å². The molecule has 0 radical (unpaired) electrons. The average molecular weight is 656 g/mol. The van der Waals surface area contributed by atoms with Crippen LogP contribution in [0.4, 0.5) is 24.8 Å². The molecule has 1 amide bonds. The van der Waals surface area contributed by atoms with Crippen LogP contribution < -0.4 is 19.9 Å². The molecule has 0 spiro atoms. The van der Waals surface area contributed by atoms with Crippen LogP contribution in [0, 0.1) is 24.0 Å². The molecule has 246 valence electrons. The van der Waals surface area contributed by atoms with Crippen LogP contribution in [0.1, 0.15) is 37.7 Å². The van der Waals surface area contributed by atoms with Crippen LogP contribution in [-0.2, 0) is 4.79 Å². The minimum atomic E-state index is -0.960. The van der Waals surface area contributed by atoms with Gasteiger partial charge in [0.15, 0.2) is 5.82 Å². The summed E-state index contributed by atoms with van der Waals surface area (Å²) < 4.78 is 53.0. The Labute approximate surface area is 273 Å². The lowest BCUT2D eigenvalue weighted by molar-refractivity contribution is -0.120. The summed E-state index contributed by atoms with van der Waals surface area (Å²) >= 11 is 0. The summed E-state index contributed by atoms with van der Waals surface area (Å²) in [6.45, 7) is 1.70. The average Bonchev–Trinajstić information content (AvgIpc) is 3.72. The number of anilines is 2. The van der Waals surface area contributed by atoms with Crippen molar-refractivity contribution in [2.45, 2.75) is 61.9 Å². The molecule has 2 aromatic heterocycles. The molecule has 48 heavy (non-hydrogen) atoms. The maximum absolute atomic E-state index is 17.2. The highest BCUT2D eigenvalue weighted by atomic mass is 19.1. The van der Waals surface area contributed by atoms with Crippen molar-refractivity contribution in [1.29, 1.82) is 0 Å². The van der Waals surface area contributed by atoms with Crippen molar-refractivity contribution in [3.63, 3.8) is 0 Å². The number of nitrogens with one attached hydrogen (secondary N) is 1. The third-order valence-corrected chi connectivity index (χ3v) is 11.0. The number of phenolic OH excluding ortho intramolecular Hbond substituents is 1. The number of rotatable bonds is 4. The SMILES string of the molecule is C#Cc1c(F)ccc2cc(O)cc(-c3nc4c5c(nc(OC[C@@]67CCCN6C[C@H](F)C7)nc5c3F)N3CC5CCC(N5)[C@@H]3C(=O)N4C)c12. The molecule has 2 bridgehead atoms. The van der Waals surface area contributed by atoms with Crippen LogP contribution in [0.25, 0.3) is 32.9 Å². The second-order valence-corrected chi connectivity index (χ2v) is 13.7. The smallest absolute Gasteiger partial charge is 0.319 e. The number of alkyl halides is 1. The molecule has 4 fully saturated rings. The molecule has 5 aliphatic heterocycles. The van der Waals surface area contributed by atoms with E-state index in [1.165, 1.54) is 29.2 Å². The lowest BCUT2D eigenvalue weighted by atomic mass is 9.95. The Morgan fingerprint density at radius 3 is 2.83 bits per heavy atom. The fourth-order valence-electron chi connectivity index (χ4n) is 8.85. The summed E-state index contributed by atoms with van der Waals surface area (Å²) in [5.41, 5.74) is -0.991. The van der Waals surface area contributed by atoms with Crippen molar-refractivity contribution in [2.75, 3.05) is 43.1 Å². The molecule has 5 aliphatic rings. The van der Waals surface area contributed by atoms with E-state index >= 15 is 8.78 Å². The molecule has 2 N–H and O–H groups in total. The van der Waals surface area contributed by atoms with Gasteiger partial charge in [0.25, 0.3) is 5.91 Å². The van der Waals surface area contributed by atoms with Crippen LogP contribution in [0.15, 0.2) is 24.3 Å². The predicted octanol–water partition coefficient (Wildman–Crippen LogP) is 4.05. The van der Waals surface area contributed by atoms with E-state index in [1.807, 2.05) is 4.90 Å². The second-order valence-electron chi connectivity index (χ2n) is 13.7. The Kier molecular flexibility index (Phi) is 6.39. The summed E-state index contributed by atoms with van der Waals surface area (Å²) in [6, 6.07) is 4.53. The van der Waals surface area contributed by atoms with Gasteiger partial charge in [0.1, 0.15) is 53.2 Å². The number of fused-ring (bicyclic) bond motifs is 7. The van der Waals surface area contributed by atoms with Crippen LogP contribution in [0.5, 0.6) is 11.8 Å². The van der Waals surface area contributed by atoms with Gasteiger partial charge in [-0.3, -0.25) is 14.6 Å². The van der Waals surface area contributed by atoms with E-state index in [1.54, 1.807) is 7.05 Å². The Morgan fingerprint density at radius 2 is 2.00 bits per heavy atom. The van der Waals surface area contributed by atoms with Crippen molar-refractivity contribution in [2.24, 2.45) is 0 Å². The largest absolute Gasteiger partial charge is 0.508 e. The van der Waals surface area contributed by atoms with Crippen molar-refractivity contribution in [3.05, 3.63) is 41.5 Å². The molecule has 0 aliphatic carbocycles. The van der Waals surface area contributed by atoms with Crippen molar-refractivity contribution in [3.8, 4) is 35.4 Å². The highest BCUT2D eigenvalue weighted by molar-refractivity contribution is 6.13. The first kappa shape index (κ1) is 29.5. The number of pyridine rings is 1. The minimum Gasteiger partial charge on any atom is -0.508 e. The van der Waals surface area contributed by atoms with E-state index < -0.39 is 29.4 Å². The highest BCUT2D eigenvalue weighted by Gasteiger charge is 2.51. The van der Waals surface area contributed by atoms with E-state index in [9.17, 15) is 14.3 Å². The number of halogens is 3. The van der Waals surface area contributed by atoms with Crippen molar-refractivity contribution >= 4 is 39.2 Å². The minimum absolute atomic E-state index is 0.0414. The summed E-state index contributed by atoms with van der Waals surface area (Å²) in [6.07, 6.45) is 8.45. The summed E-state index contributed by atoms with van der Waals surface area (Å²) in [5.74, 6) is 0.782. The molecule has 4 aromatic rings. The Morgan fingerprint density at radius 1 is 1.15 bits per heavy atom. The van der Waals surface area contributed by atoms with Gasteiger partial charge in [0.05, 0.1) is 16.5 Å². The number of nitrogens with zero attached hydrogens (tertiary/aromatic N) is 6. The monoisotopic (exact) mass is 655 g/mol. The normalized spacial score (nSPS) is 27.8. The fraction of sp³-hybridized carbons (Fsp3) is 0.429. The van der Waals surface area contributed by atoms with Crippen molar-refractivity contribution in [1.82, 2.24) is 25.2 Å². The van der Waals surface area contributed by atoms with Gasteiger partial charge in [-0.2, -0.15) is 9.97 Å². The Hall–Kier alpha value is -4.67. The number of carbonyl (C=O) groups is 1. The number of piperazine rings is 1. The first-order valence-corrected chi connectivity index (χ1v) is 16.3. The van der Waals surface area contributed by atoms with Gasteiger partial charge in [-0.25, -0.2) is 18.2 Å². The number of benzene rings is 2. The van der Waals surface area contributed by atoms with Gasteiger partial charge in [-0.1, -0.05) is 12.0 Å². The summed E-state index contributed by atoms with van der Waals surface area (Å²) in [7, 11) is 1.58. The molecule has 2 unspecified atom stereocenters. The van der Waals surface area contributed by atoms with Crippen LogP contribution in [0.2, 0.25) is 0 Å². The third kappa shape index (κ3) is 4.15. The van der Waals surface area contributed by atoms with Gasteiger partial charge in [0.2, 0.25) is 0 Å². The Bertz CT molecular complexity index is 2110. The van der Waals surface area contributed by atoms with Gasteiger partial charge >= 0.3 is 6.01 Å². The molecule has 13 heteroatoms. The molecular formula is C35H32F3N7O3. The second kappa shape index (κ2) is 10.4. The van der Waals surface area contributed by atoms with Crippen molar-refractivity contribution < 1.29 is 27.8 Å². The number of hydrogen-bond acceptors (Lipinski definition) is 9. The quantitative estimate of drug-likeness (QED) is 0.315. The van der Waals surface area contributed by atoms with Crippen LogP contribution in [-0.4, -0.2) is 94.0 Å². The first-order chi connectivity index (χ1) is 23.2. The topological polar surface area (TPSA) is 107 Å². The molecule has 7 heterocycles. The van der Waals surface area contributed by atoms with E-state index in [0.717, 1.165) is 32.2 Å². The zero-order valence-corrected chi connectivity index (χ0v) is 26.1. The molecule has 2 aromatic carbocycles. The zero-order valence-electron chi connectivity index (χ0n) is 26.1. The number of hydrogen-bond donors (Lipinski definition) is 2. The van der Waals surface area contributed by atoms with E-state index in [2.05, 4.69) is 21.1 Å². The summed E-state index contributed by atoms with van der Waals surface area (Å²) in [5, 5.41) is 15.0. The molecule has 0 saturated carbocycles. The maximum Gasteiger partial charge on any atom is 0.319 e. The van der Waals surface area contributed by atoms with E-state index in [-0.39, 0.29) is 75.3 Å².